The van der Waals surface area contributed by atoms with Gasteiger partial charge in [0.2, 0.25) is 5.91 Å². The average molecular weight is 229 g/mol. The van der Waals surface area contributed by atoms with Crippen molar-refractivity contribution in [3.8, 4) is 0 Å². The van der Waals surface area contributed by atoms with Crippen LogP contribution in [0.1, 0.15) is 6.92 Å². The normalized spacial score (nSPS) is 11.1. The Morgan fingerprint density at radius 1 is 1.53 bits per heavy atom. The highest BCUT2D eigenvalue weighted by Crippen LogP contribution is 2.19. The van der Waals surface area contributed by atoms with Gasteiger partial charge in [-0.15, -0.1) is 0 Å². The smallest absolute Gasteiger partial charge is 0.295 e. The van der Waals surface area contributed by atoms with E-state index in [1.54, 1.807) is 0 Å². The molecule has 0 aromatic heterocycles. The predicted octanol–water partition coefficient (Wildman–Crippen LogP) is 0.274. The van der Waals surface area contributed by atoms with E-state index in [-0.39, 0.29) is 17.3 Å². The highest BCUT2D eigenvalue weighted by atomic mass is 32.2. The molecule has 0 aliphatic heterocycles. The van der Waals surface area contributed by atoms with Crippen molar-refractivity contribution in [3.63, 3.8) is 0 Å². The highest BCUT2D eigenvalue weighted by molar-refractivity contribution is 7.85. The summed E-state index contributed by atoms with van der Waals surface area (Å²) in [6, 6.07) is 4.64. The second-order valence-corrected chi connectivity index (χ2v) is 4.23. The van der Waals surface area contributed by atoms with Gasteiger partial charge in [0.05, 0.1) is 0 Å². The molecule has 7 heteroatoms. The van der Waals surface area contributed by atoms with E-state index < -0.39 is 15.0 Å². The molecule has 0 saturated carbocycles. The number of amides is 1. The van der Waals surface area contributed by atoms with Gasteiger partial charge in [0.1, 0.15) is 4.90 Å². The Bertz CT molecular complexity index is 495. The number of anilines is 2. The minimum Gasteiger partial charge on any atom is -0.398 e. The molecule has 0 heterocycles. The molecule has 81 valence electrons. The van der Waals surface area contributed by atoms with Crippen molar-refractivity contribution in [2.75, 3.05) is 11.1 Å². The molecule has 0 aliphatic carbocycles. The van der Waals surface area contributed by atoms with Gasteiger partial charge in [-0.1, -0.05) is 0 Å². The Morgan fingerprint density at radius 3 is 2.60 bits per heavy atom. The van der Waals surface area contributed by atoms with Gasteiger partial charge < -0.3 is 11.1 Å². The molecule has 6 nitrogen and oxygen atoms in total. The zero-order valence-corrected chi connectivity index (χ0v) is 8.63. The molecular formula is C8H9N2O4S. The second kappa shape index (κ2) is 3.87. The topological polar surface area (TPSA) is 109 Å². The largest absolute Gasteiger partial charge is 0.398 e. The van der Waals surface area contributed by atoms with Crippen LogP contribution in [0, 0.1) is 6.07 Å². The second-order valence-electron chi connectivity index (χ2n) is 2.84. The van der Waals surface area contributed by atoms with Crippen LogP contribution in [0.5, 0.6) is 0 Å². The maximum Gasteiger partial charge on any atom is 0.295 e. The third-order valence-electron chi connectivity index (χ3n) is 1.46. The first-order chi connectivity index (χ1) is 6.79. The Morgan fingerprint density at radius 2 is 2.13 bits per heavy atom. The van der Waals surface area contributed by atoms with E-state index in [1.807, 2.05) is 0 Å². The van der Waals surface area contributed by atoms with Crippen molar-refractivity contribution in [3.05, 3.63) is 18.2 Å². The summed E-state index contributed by atoms with van der Waals surface area (Å²) >= 11 is 0. The summed E-state index contributed by atoms with van der Waals surface area (Å²) in [5, 5.41) is 2.34. The van der Waals surface area contributed by atoms with Gasteiger partial charge in [-0.25, -0.2) is 0 Å². The summed E-state index contributed by atoms with van der Waals surface area (Å²) in [6.07, 6.45) is 0. The van der Waals surface area contributed by atoms with Gasteiger partial charge in [-0.05, 0) is 12.1 Å². The summed E-state index contributed by atoms with van der Waals surface area (Å²) in [5.41, 5.74) is 5.54. The number of hydrogen-bond acceptors (Lipinski definition) is 4. The van der Waals surface area contributed by atoms with Crippen molar-refractivity contribution in [2.24, 2.45) is 0 Å². The number of nitrogen functional groups attached to an aromatic ring is 1. The van der Waals surface area contributed by atoms with Crippen LogP contribution >= 0.6 is 0 Å². The molecule has 0 fully saturated rings. The predicted molar refractivity (Wildman–Crippen MR) is 53.8 cm³/mol. The van der Waals surface area contributed by atoms with Crippen LogP contribution in [0.2, 0.25) is 0 Å². The molecule has 1 radical (unpaired) electrons. The lowest BCUT2D eigenvalue weighted by Gasteiger charge is -2.05. The fraction of sp³-hybridized carbons (Fsp3) is 0.125. The van der Waals surface area contributed by atoms with Crippen LogP contribution in [0.25, 0.3) is 0 Å². The van der Waals surface area contributed by atoms with Gasteiger partial charge in [-0.3, -0.25) is 9.35 Å². The lowest BCUT2D eigenvalue weighted by Crippen LogP contribution is -2.08. The summed E-state index contributed by atoms with van der Waals surface area (Å²) < 4.78 is 30.3. The third-order valence-corrected chi connectivity index (χ3v) is 2.24. The minimum absolute atomic E-state index is 0.00822. The van der Waals surface area contributed by atoms with Crippen molar-refractivity contribution in [2.45, 2.75) is 11.8 Å². The molecule has 1 rings (SSSR count). The van der Waals surface area contributed by atoms with Gasteiger partial charge in [0.25, 0.3) is 10.1 Å². The van der Waals surface area contributed by atoms with Crippen LogP contribution in [-0.2, 0) is 14.9 Å². The SMILES string of the molecule is CC(=O)Nc1cc(N)[c]c(S(=O)(=O)O)c1. The summed E-state index contributed by atoms with van der Waals surface area (Å²) in [4.78, 5) is 10.2. The van der Waals surface area contributed by atoms with E-state index >= 15 is 0 Å². The van der Waals surface area contributed by atoms with Gasteiger partial charge in [0, 0.05) is 24.4 Å². The Hall–Kier alpha value is -1.60. The summed E-state index contributed by atoms with van der Waals surface area (Å²) in [6.45, 7) is 1.26. The van der Waals surface area contributed by atoms with E-state index in [0.717, 1.165) is 6.07 Å². The number of nitrogens with two attached hydrogens (primary N) is 1. The maximum absolute atomic E-state index is 10.8. The fourth-order valence-electron chi connectivity index (χ4n) is 0.979. The van der Waals surface area contributed by atoms with E-state index in [1.165, 1.54) is 13.0 Å². The quantitative estimate of drug-likeness (QED) is 0.498. The number of hydrogen-bond donors (Lipinski definition) is 3. The van der Waals surface area contributed by atoms with Crippen LogP contribution in [0.4, 0.5) is 11.4 Å². The maximum atomic E-state index is 10.8. The van der Waals surface area contributed by atoms with Gasteiger partial charge >= 0.3 is 0 Å². The molecule has 0 spiro atoms. The molecular weight excluding hydrogens is 220 g/mol. The number of benzene rings is 1. The first-order valence-corrected chi connectivity index (χ1v) is 5.31. The summed E-state index contributed by atoms with van der Waals surface area (Å²) in [7, 11) is -4.37. The van der Waals surface area contributed by atoms with Crippen LogP contribution in [0.3, 0.4) is 0 Å². The first-order valence-electron chi connectivity index (χ1n) is 3.87. The number of rotatable bonds is 2. The van der Waals surface area contributed by atoms with E-state index in [2.05, 4.69) is 11.4 Å². The average Bonchev–Trinajstić information content (AvgIpc) is 1.99. The van der Waals surface area contributed by atoms with E-state index in [4.69, 9.17) is 10.3 Å². The fourth-order valence-corrected chi connectivity index (χ4v) is 1.50. The standard InChI is InChI=1S/C8H9N2O4S/c1-5(11)10-7-2-6(9)3-8(4-7)15(12,13)14/h2,4H,9H2,1H3,(H,10,11)(H,12,13,14). The monoisotopic (exact) mass is 229 g/mol. The number of carbonyl (C=O) groups is 1. The first kappa shape index (κ1) is 11.5. The zero-order valence-electron chi connectivity index (χ0n) is 7.81. The zero-order chi connectivity index (χ0) is 11.6. The third kappa shape index (κ3) is 3.22. The molecule has 1 aromatic carbocycles. The number of nitrogens with one attached hydrogen (secondary N) is 1. The highest BCUT2D eigenvalue weighted by Gasteiger charge is 2.12. The van der Waals surface area contributed by atoms with Crippen LogP contribution in [0.15, 0.2) is 17.0 Å². The lowest BCUT2D eigenvalue weighted by atomic mass is 10.3. The van der Waals surface area contributed by atoms with Crippen LogP contribution < -0.4 is 11.1 Å². The Kier molecular flexibility index (Phi) is 2.96. The molecule has 0 saturated heterocycles. The van der Waals surface area contributed by atoms with Gasteiger partial charge in [-0.2, -0.15) is 8.42 Å². The molecule has 0 atom stereocenters. The molecule has 15 heavy (non-hydrogen) atoms. The molecule has 0 bridgehead atoms. The van der Waals surface area contributed by atoms with Gasteiger partial charge in [0.15, 0.2) is 0 Å². The molecule has 1 aromatic rings. The molecule has 0 aliphatic rings. The van der Waals surface area contributed by atoms with Crippen molar-refractivity contribution < 1.29 is 17.8 Å². The number of carbonyl (C=O) groups excluding carboxylic acids is 1. The van der Waals surface area contributed by atoms with Crippen LogP contribution in [-0.4, -0.2) is 18.9 Å². The summed E-state index contributed by atoms with van der Waals surface area (Å²) in [5.74, 6) is -0.373. The van der Waals surface area contributed by atoms with Crippen molar-refractivity contribution in [1.29, 1.82) is 0 Å². The lowest BCUT2D eigenvalue weighted by molar-refractivity contribution is -0.114. The Labute approximate surface area is 86.8 Å². The molecule has 4 N–H and O–H groups in total. The van der Waals surface area contributed by atoms with E-state index in [9.17, 15) is 13.2 Å². The van der Waals surface area contributed by atoms with Crippen molar-refractivity contribution in [1.82, 2.24) is 0 Å². The molecule has 0 unspecified atom stereocenters. The van der Waals surface area contributed by atoms with E-state index in [0.29, 0.717) is 0 Å². The van der Waals surface area contributed by atoms with Crippen molar-refractivity contribution >= 4 is 27.4 Å². The Balaban J connectivity index is 3.23. The molecule has 1 amide bonds. The minimum atomic E-state index is -4.37.